The minimum atomic E-state index is 0.635. The van der Waals surface area contributed by atoms with Gasteiger partial charge in [-0.2, -0.15) is 15.5 Å². The fraction of sp³-hybridized carbons (Fsp3) is 0.0556. The van der Waals surface area contributed by atoms with Gasteiger partial charge in [0.2, 0.25) is 0 Å². The molecule has 2 aromatic rings. The molecular formula is C18H15N3. The molecule has 21 heavy (non-hydrogen) atoms. The summed E-state index contributed by atoms with van der Waals surface area (Å²) in [5.41, 5.74) is 3.77. The summed E-state index contributed by atoms with van der Waals surface area (Å²) in [5.74, 6) is 0. The van der Waals surface area contributed by atoms with Gasteiger partial charge in [-0.05, 0) is 35.2 Å². The van der Waals surface area contributed by atoms with Crippen LogP contribution in [0.4, 0.5) is 0 Å². The lowest BCUT2D eigenvalue weighted by Crippen LogP contribution is -1.84. The van der Waals surface area contributed by atoms with Crippen LogP contribution in [0.3, 0.4) is 0 Å². The summed E-state index contributed by atoms with van der Waals surface area (Å²) in [5, 5.41) is 16.7. The zero-order chi connectivity index (χ0) is 14.9. The van der Waals surface area contributed by atoms with E-state index in [2.05, 4.69) is 22.9 Å². The van der Waals surface area contributed by atoms with Crippen LogP contribution in [-0.4, -0.2) is 12.4 Å². The second kappa shape index (κ2) is 7.56. The van der Waals surface area contributed by atoms with Crippen LogP contribution in [0.5, 0.6) is 0 Å². The number of rotatable bonds is 5. The van der Waals surface area contributed by atoms with Crippen LogP contribution in [-0.2, 0) is 6.42 Å². The monoisotopic (exact) mass is 273 g/mol. The summed E-state index contributed by atoms with van der Waals surface area (Å²) in [4.78, 5) is 0. The molecule has 0 fully saturated rings. The Morgan fingerprint density at radius 2 is 1.43 bits per heavy atom. The molecule has 0 aromatic heterocycles. The van der Waals surface area contributed by atoms with E-state index in [0.717, 1.165) is 17.5 Å². The first-order valence-electron chi connectivity index (χ1n) is 6.58. The van der Waals surface area contributed by atoms with Gasteiger partial charge >= 0.3 is 0 Å². The minimum Gasteiger partial charge on any atom is -0.192 e. The van der Waals surface area contributed by atoms with E-state index in [9.17, 15) is 0 Å². The molecule has 0 amide bonds. The lowest BCUT2D eigenvalue weighted by molar-refractivity contribution is 1.25. The van der Waals surface area contributed by atoms with Crippen LogP contribution < -0.4 is 0 Å². The molecule has 0 heterocycles. The van der Waals surface area contributed by atoms with E-state index in [1.54, 1.807) is 24.6 Å². The van der Waals surface area contributed by atoms with Crippen molar-refractivity contribution in [2.24, 2.45) is 10.2 Å². The van der Waals surface area contributed by atoms with Crippen molar-refractivity contribution in [2.45, 2.75) is 6.42 Å². The second-order valence-corrected chi connectivity index (χ2v) is 4.46. The van der Waals surface area contributed by atoms with E-state index in [1.807, 2.05) is 42.5 Å². The van der Waals surface area contributed by atoms with Gasteiger partial charge in [0.25, 0.3) is 0 Å². The predicted octanol–water partition coefficient (Wildman–Crippen LogP) is 3.74. The van der Waals surface area contributed by atoms with Crippen LogP contribution in [0.1, 0.15) is 22.3 Å². The number of nitrogens with zero attached hydrogens (tertiary/aromatic N) is 3. The zero-order valence-electron chi connectivity index (χ0n) is 11.6. The minimum absolute atomic E-state index is 0.635. The van der Waals surface area contributed by atoms with Crippen molar-refractivity contribution in [3.8, 4) is 6.07 Å². The smallest absolute Gasteiger partial charge is 0.0991 e. The van der Waals surface area contributed by atoms with Gasteiger partial charge in [-0.1, -0.05) is 42.5 Å². The van der Waals surface area contributed by atoms with Crippen LogP contribution in [0, 0.1) is 11.3 Å². The molecule has 0 aliphatic heterocycles. The van der Waals surface area contributed by atoms with Gasteiger partial charge in [-0.25, -0.2) is 0 Å². The second-order valence-electron chi connectivity index (χ2n) is 4.46. The molecule has 0 atom stereocenters. The van der Waals surface area contributed by atoms with Gasteiger partial charge in [-0.15, -0.1) is 6.58 Å². The third kappa shape index (κ3) is 4.55. The molecule has 0 saturated carbocycles. The van der Waals surface area contributed by atoms with Crippen molar-refractivity contribution in [3.05, 3.63) is 83.4 Å². The quantitative estimate of drug-likeness (QED) is 0.465. The Labute approximate surface area is 124 Å². The van der Waals surface area contributed by atoms with Crippen molar-refractivity contribution in [2.75, 3.05) is 0 Å². The first-order chi connectivity index (χ1) is 10.3. The maximum Gasteiger partial charge on any atom is 0.0991 e. The molecule has 2 rings (SSSR count). The third-order valence-corrected chi connectivity index (χ3v) is 2.88. The molecule has 102 valence electrons. The molecule has 0 bridgehead atoms. The first kappa shape index (κ1) is 14.4. The molecule has 0 aliphatic carbocycles. The summed E-state index contributed by atoms with van der Waals surface area (Å²) >= 11 is 0. The molecule has 2 aromatic carbocycles. The van der Waals surface area contributed by atoms with Gasteiger partial charge in [0, 0.05) is 0 Å². The van der Waals surface area contributed by atoms with Crippen molar-refractivity contribution in [1.29, 1.82) is 5.26 Å². The van der Waals surface area contributed by atoms with E-state index >= 15 is 0 Å². The van der Waals surface area contributed by atoms with Crippen LogP contribution >= 0.6 is 0 Å². The largest absolute Gasteiger partial charge is 0.192 e. The zero-order valence-corrected chi connectivity index (χ0v) is 11.6. The molecule has 0 aliphatic rings. The number of nitriles is 1. The number of hydrogen-bond acceptors (Lipinski definition) is 3. The molecule has 0 unspecified atom stereocenters. The maximum atomic E-state index is 8.71. The summed E-state index contributed by atoms with van der Waals surface area (Å²) in [6.07, 6.45) is 6.11. The fourth-order valence-electron chi connectivity index (χ4n) is 1.75. The molecule has 3 heteroatoms. The van der Waals surface area contributed by atoms with Crippen LogP contribution in [0.15, 0.2) is 71.4 Å². The molecule has 0 N–H and O–H groups in total. The van der Waals surface area contributed by atoms with Gasteiger partial charge in [0.15, 0.2) is 0 Å². The predicted molar refractivity (Wildman–Crippen MR) is 86.7 cm³/mol. The average molecular weight is 273 g/mol. The van der Waals surface area contributed by atoms with Crippen molar-refractivity contribution >= 4 is 12.4 Å². The summed E-state index contributed by atoms with van der Waals surface area (Å²) < 4.78 is 0. The molecule has 0 spiro atoms. The topological polar surface area (TPSA) is 48.5 Å². The fourth-order valence-corrected chi connectivity index (χ4v) is 1.75. The third-order valence-electron chi connectivity index (χ3n) is 2.88. The van der Waals surface area contributed by atoms with Crippen molar-refractivity contribution in [1.82, 2.24) is 0 Å². The Hall–Kier alpha value is -2.99. The van der Waals surface area contributed by atoms with Crippen LogP contribution in [0.2, 0.25) is 0 Å². The van der Waals surface area contributed by atoms with Gasteiger partial charge in [0.05, 0.1) is 24.1 Å². The Bertz CT molecular complexity index is 687. The van der Waals surface area contributed by atoms with Gasteiger partial charge in [0.1, 0.15) is 0 Å². The van der Waals surface area contributed by atoms with Crippen molar-refractivity contribution in [3.63, 3.8) is 0 Å². The Balaban J connectivity index is 1.96. The first-order valence-corrected chi connectivity index (χ1v) is 6.58. The normalized spacial score (nSPS) is 10.8. The number of benzene rings is 2. The van der Waals surface area contributed by atoms with Gasteiger partial charge < -0.3 is 0 Å². The Morgan fingerprint density at radius 1 is 0.905 bits per heavy atom. The van der Waals surface area contributed by atoms with Crippen LogP contribution in [0.25, 0.3) is 0 Å². The highest BCUT2D eigenvalue weighted by Crippen LogP contribution is 2.04. The Kier molecular flexibility index (Phi) is 5.19. The molecule has 0 radical (unpaired) electrons. The highest BCUT2D eigenvalue weighted by molar-refractivity contribution is 5.82. The lowest BCUT2D eigenvalue weighted by Gasteiger charge is -1.96. The lowest BCUT2D eigenvalue weighted by atomic mass is 10.1. The molecular weight excluding hydrogens is 258 g/mol. The molecule has 0 saturated heterocycles. The summed E-state index contributed by atoms with van der Waals surface area (Å²) in [7, 11) is 0. The highest BCUT2D eigenvalue weighted by atomic mass is 15.2. The summed E-state index contributed by atoms with van der Waals surface area (Å²) in [6.45, 7) is 3.72. The number of allylic oxidation sites excluding steroid dienone is 1. The maximum absolute atomic E-state index is 8.71. The standard InChI is InChI=1S/C18H15N3/c1-2-3-15-4-8-17(9-5-15)13-20-21-14-18-10-6-16(12-19)7-11-18/h2,4-11,13-14H,1,3H2. The highest BCUT2D eigenvalue weighted by Gasteiger charge is 1.91. The van der Waals surface area contributed by atoms with Gasteiger partial charge in [-0.3, -0.25) is 0 Å². The van der Waals surface area contributed by atoms with Crippen molar-refractivity contribution < 1.29 is 0 Å². The molecule has 3 nitrogen and oxygen atoms in total. The average Bonchev–Trinajstić information content (AvgIpc) is 2.54. The van der Waals surface area contributed by atoms with E-state index in [1.165, 1.54) is 5.56 Å². The SMILES string of the molecule is C=CCc1ccc(C=NN=Cc2ccc(C#N)cc2)cc1. The van der Waals surface area contributed by atoms with E-state index in [-0.39, 0.29) is 0 Å². The Morgan fingerprint density at radius 3 is 1.90 bits per heavy atom. The number of hydrogen-bond donors (Lipinski definition) is 0. The summed E-state index contributed by atoms with van der Waals surface area (Å²) in [6, 6.07) is 17.3. The van der Waals surface area contributed by atoms with E-state index in [4.69, 9.17) is 5.26 Å². The van der Waals surface area contributed by atoms with E-state index in [0.29, 0.717) is 5.56 Å². The van der Waals surface area contributed by atoms with E-state index < -0.39 is 0 Å².